The first-order chi connectivity index (χ1) is 16.0. The molecule has 0 radical (unpaired) electrons. The first-order valence-corrected chi connectivity index (χ1v) is 10.5. The van der Waals surface area contributed by atoms with Crippen molar-refractivity contribution in [1.82, 2.24) is 21.0 Å². The molecule has 4 N–H and O–H groups in total. The lowest BCUT2D eigenvalue weighted by atomic mass is 9.91. The lowest BCUT2D eigenvalue weighted by Crippen LogP contribution is -2.23. The van der Waals surface area contributed by atoms with Gasteiger partial charge in [-0.05, 0) is 53.1 Å². The maximum Gasteiger partial charge on any atom is 0.251 e. The van der Waals surface area contributed by atoms with Crippen LogP contribution in [0.15, 0.2) is 72.8 Å². The van der Waals surface area contributed by atoms with Gasteiger partial charge in [-0.1, -0.05) is 42.5 Å². The number of hydrogen-bond donors (Lipinski definition) is 4. The number of carbonyl (C=O) groups is 2. The maximum absolute atomic E-state index is 13.0. The molecular formula is C25H23FN4O3. The summed E-state index contributed by atoms with van der Waals surface area (Å²) >= 11 is 0. The van der Waals surface area contributed by atoms with Crippen LogP contribution in [0.1, 0.15) is 39.6 Å². The van der Waals surface area contributed by atoms with Gasteiger partial charge in [0.05, 0.1) is 17.9 Å². The van der Waals surface area contributed by atoms with E-state index >= 15 is 0 Å². The second-order valence-electron chi connectivity index (χ2n) is 7.83. The summed E-state index contributed by atoms with van der Waals surface area (Å²) in [7, 11) is 0. The summed E-state index contributed by atoms with van der Waals surface area (Å²) in [6.07, 6.45) is 0.597. The lowest BCUT2D eigenvalue weighted by molar-refractivity contribution is -0.129. The van der Waals surface area contributed by atoms with Gasteiger partial charge in [-0.2, -0.15) is 5.10 Å². The van der Waals surface area contributed by atoms with Crippen LogP contribution in [0.2, 0.25) is 0 Å². The van der Waals surface area contributed by atoms with Gasteiger partial charge in [0.25, 0.3) is 5.91 Å². The number of hydroxylamine groups is 1. The number of benzene rings is 3. The highest BCUT2D eigenvalue weighted by Crippen LogP contribution is 2.26. The molecule has 0 saturated heterocycles. The monoisotopic (exact) mass is 446 g/mol. The second kappa shape index (κ2) is 10.1. The number of aromatic amines is 1. The average molecular weight is 446 g/mol. The van der Waals surface area contributed by atoms with Crippen LogP contribution in [-0.4, -0.2) is 27.2 Å². The van der Waals surface area contributed by atoms with Gasteiger partial charge in [-0.25, -0.2) is 9.87 Å². The molecule has 0 spiro atoms. The van der Waals surface area contributed by atoms with Crippen molar-refractivity contribution in [3.05, 3.63) is 101 Å². The molecule has 4 rings (SSSR count). The van der Waals surface area contributed by atoms with Crippen LogP contribution in [0.5, 0.6) is 0 Å². The molecular weight excluding hydrogens is 423 g/mol. The fourth-order valence-electron chi connectivity index (χ4n) is 3.76. The van der Waals surface area contributed by atoms with E-state index in [-0.39, 0.29) is 24.8 Å². The zero-order valence-corrected chi connectivity index (χ0v) is 17.7. The van der Waals surface area contributed by atoms with E-state index in [1.54, 1.807) is 11.5 Å². The van der Waals surface area contributed by atoms with Crippen LogP contribution in [0, 0.1) is 5.82 Å². The molecule has 1 heterocycles. The highest BCUT2D eigenvalue weighted by atomic mass is 19.1. The number of rotatable bonds is 8. The Kier molecular flexibility index (Phi) is 6.75. The first kappa shape index (κ1) is 22.2. The molecule has 8 heteroatoms. The highest BCUT2D eigenvalue weighted by Gasteiger charge is 2.20. The highest BCUT2D eigenvalue weighted by molar-refractivity contribution is 5.94. The van der Waals surface area contributed by atoms with E-state index in [2.05, 4.69) is 21.6 Å². The summed E-state index contributed by atoms with van der Waals surface area (Å²) in [5.74, 6) is -1.53. The normalized spacial score (nSPS) is 11.8. The third kappa shape index (κ3) is 5.61. The molecule has 0 saturated carbocycles. The van der Waals surface area contributed by atoms with Crippen molar-refractivity contribution in [2.24, 2.45) is 0 Å². The van der Waals surface area contributed by atoms with Gasteiger partial charge < -0.3 is 5.32 Å². The first-order valence-electron chi connectivity index (χ1n) is 10.5. The van der Waals surface area contributed by atoms with Crippen molar-refractivity contribution in [3.63, 3.8) is 0 Å². The molecule has 168 valence electrons. The number of fused-ring (bicyclic) bond motifs is 1. The van der Waals surface area contributed by atoms with Crippen molar-refractivity contribution in [2.45, 2.75) is 25.3 Å². The van der Waals surface area contributed by atoms with Crippen molar-refractivity contribution in [1.29, 1.82) is 0 Å². The summed E-state index contributed by atoms with van der Waals surface area (Å²) in [5, 5.41) is 21.2. The molecule has 0 aliphatic carbocycles. The van der Waals surface area contributed by atoms with Crippen molar-refractivity contribution in [2.75, 3.05) is 0 Å². The minimum atomic E-state index is -0.505. The molecule has 4 aromatic rings. The van der Waals surface area contributed by atoms with Crippen molar-refractivity contribution < 1.29 is 19.2 Å². The maximum atomic E-state index is 13.0. The molecule has 0 fully saturated rings. The number of nitrogens with one attached hydrogen (secondary N) is 3. The van der Waals surface area contributed by atoms with E-state index in [0.29, 0.717) is 23.4 Å². The fraction of sp³-hybridized carbons (Fsp3) is 0.160. The summed E-state index contributed by atoms with van der Waals surface area (Å²) in [6, 6.07) is 21.2. The van der Waals surface area contributed by atoms with Gasteiger partial charge in [0.1, 0.15) is 5.82 Å². The topological polar surface area (TPSA) is 107 Å². The average Bonchev–Trinajstić information content (AvgIpc) is 3.31. The smallest absolute Gasteiger partial charge is 0.251 e. The van der Waals surface area contributed by atoms with Crippen molar-refractivity contribution in [3.8, 4) is 0 Å². The van der Waals surface area contributed by atoms with E-state index in [0.717, 1.165) is 16.3 Å². The number of amides is 2. The molecule has 1 atom stereocenters. The van der Waals surface area contributed by atoms with E-state index in [1.165, 1.54) is 24.3 Å². The Labute approximate surface area is 189 Å². The summed E-state index contributed by atoms with van der Waals surface area (Å²) < 4.78 is 13.0. The summed E-state index contributed by atoms with van der Waals surface area (Å²) in [5.41, 5.74) is 4.39. The minimum absolute atomic E-state index is 0.0511. The van der Waals surface area contributed by atoms with Gasteiger partial charge in [-0.3, -0.25) is 19.9 Å². The molecule has 2 amide bonds. The third-order valence-corrected chi connectivity index (χ3v) is 5.47. The van der Waals surface area contributed by atoms with E-state index in [9.17, 15) is 14.0 Å². The van der Waals surface area contributed by atoms with Crippen LogP contribution in [0.4, 0.5) is 4.39 Å². The summed E-state index contributed by atoms with van der Waals surface area (Å²) in [6.45, 7) is 0.193. The molecule has 7 nitrogen and oxygen atoms in total. The number of H-pyrrole nitrogens is 1. The third-order valence-electron chi connectivity index (χ3n) is 5.47. The second-order valence-corrected chi connectivity index (χ2v) is 7.83. The SMILES string of the molecule is O=C(CC(Cc1ccc2ccccc2c1)c1cc(CNC(=O)c2ccc(F)cc2)[nH]n1)NO. The van der Waals surface area contributed by atoms with Gasteiger partial charge >= 0.3 is 0 Å². The van der Waals surface area contributed by atoms with Gasteiger partial charge in [0, 0.05) is 17.9 Å². The Balaban J connectivity index is 1.47. The number of halogens is 1. The largest absolute Gasteiger partial charge is 0.346 e. The van der Waals surface area contributed by atoms with E-state index in [1.807, 2.05) is 36.4 Å². The van der Waals surface area contributed by atoms with Crippen LogP contribution in [-0.2, 0) is 17.8 Å². The quantitative estimate of drug-likeness (QED) is 0.244. The Morgan fingerprint density at radius 2 is 1.76 bits per heavy atom. The Morgan fingerprint density at radius 3 is 2.52 bits per heavy atom. The van der Waals surface area contributed by atoms with Crippen LogP contribution < -0.4 is 10.8 Å². The Morgan fingerprint density at radius 1 is 1.00 bits per heavy atom. The van der Waals surface area contributed by atoms with Crippen LogP contribution >= 0.6 is 0 Å². The van der Waals surface area contributed by atoms with E-state index < -0.39 is 11.7 Å². The minimum Gasteiger partial charge on any atom is -0.346 e. The summed E-state index contributed by atoms with van der Waals surface area (Å²) in [4.78, 5) is 24.2. The number of carbonyl (C=O) groups excluding carboxylic acids is 2. The predicted molar refractivity (Wildman–Crippen MR) is 121 cm³/mol. The van der Waals surface area contributed by atoms with Crippen LogP contribution in [0.3, 0.4) is 0 Å². The molecule has 3 aromatic carbocycles. The number of aromatic nitrogens is 2. The molecule has 1 aromatic heterocycles. The van der Waals surface area contributed by atoms with Gasteiger partial charge in [0.15, 0.2) is 0 Å². The van der Waals surface area contributed by atoms with Gasteiger partial charge in [-0.15, -0.1) is 0 Å². The predicted octanol–water partition coefficient (Wildman–Crippen LogP) is 3.85. The van der Waals surface area contributed by atoms with Gasteiger partial charge in [0.2, 0.25) is 5.91 Å². The standard InChI is InChI=1S/C25H23FN4O3/c26-21-9-7-18(8-10-21)25(32)27-15-22-14-23(29-28-22)20(13-24(31)30-33)12-16-5-6-17-3-1-2-4-19(17)11-16/h1-11,14,20,33H,12-13,15H2,(H,27,32)(H,28,29)(H,30,31). The Bertz CT molecular complexity index is 1270. The molecule has 33 heavy (non-hydrogen) atoms. The molecule has 1 unspecified atom stereocenters. The van der Waals surface area contributed by atoms with Crippen LogP contribution in [0.25, 0.3) is 10.8 Å². The molecule has 0 aliphatic rings. The Hall–Kier alpha value is -4.04. The van der Waals surface area contributed by atoms with Crippen molar-refractivity contribution >= 4 is 22.6 Å². The molecule has 0 aliphatic heterocycles. The molecule has 0 bridgehead atoms. The zero-order chi connectivity index (χ0) is 23.2. The fourth-order valence-corrected chi connectivity index (χ4v) is 3.76. The lowest BCUT2D eigenvalue weighted by Gasteiger charge is -2.14. The number of nitrogens with zero attached hydrogens (tertiary/aromatic N) is 1. The van der Waals surface area contributed by atoms with E-state index in [4.69, 9.17) is 5.21 Å². The zero-order valence-electron chi connectivity index (χ0n) is 17.7. The number of hydrogen-bond acceptors (Lipinski definition) is 4.